The van der Waals surface area contributed by atoms with Crippen LogP contribution < -0.4 is 5.32 Å². The Morgan fingerprint density at radius 1 is 1.42 bits per heavy atom. The average molecular weight is 364 g/mol. The number of hydrogen-bond acceptors (Lipinski definition) is 7. The van der Waals surface area contributed by atoms with Gasteiger partial charge in [0.05, 0.1) is 42.1 Å². The van der Waals surface area contributed by atoms with Crippen molar-refractivity contribution < 1.29 is 19.2 Å². The van der Waals surface area contributed by atoms with Crippen molar-refractivity contribution in [2.24, 2.45) is 5.92 Å². The Morgan fingerprint density at radius 3 is 2.65 bits per heavy atom. The molecule has 140 valence electrons. The molecular formula is C15H20N6O5. The number of aromatic nitrogens is 4. The molecule has 0 radical (unpaired) electrons. The number of amides is 1. The smallest absolute Gasteiger partial charge is 0.390 e. The van der Waals surface area contributed by atoms with Gasteiger partial charge in [-0.25, -0.2) is 4.79 Å². The molecule has 0 saturated heterocycles. The fourth-order valence-corrected chi connectivity index (χ4v) is 2.29. The van der Waals surface area contributed by atoms with E-state index in [4.69, 9.17) is 0 Å². The highest BCUT2D eigenvalue weighted by atomic mass is 16.6. The van der Waals surface area contributed by atoms with Crippen LogP contribution in [0.15, 0.2) is 12.3 Å². The van der Waals surface area contributed by atoms with Gasteiger partial charge in [-0.2, -0.15) is 9.78 Å². The van der Waals surface area contributed by atoms with Crippen LogP contribution in [0.3, 0.4) is 0 Å². The van der Waals surface area contributed by atoms with E-state index in [9.17, 15) is 19.7 Å². The van der Waals surface area contributed by atoms with Gasteiger partial charge in [0, 0.05) is 12.7 Å². The molecule has 2 aromatic rings. The number of nitro groups is 1. The van der Waals surface area contributed by atoms with E-state index in [2.05, 4.69) is 20.3 Å². The number of aryl methyl sites for hydroxylation is 2. The molecule has 26 heavy (non-hydrogen) atoms. The summed E-state index contributed by atoms with van der Waals surface area (Å²) >= 11 is 0. The number of carbonyl (C=O) groups excluding carboxylic acids is 2. The summed E-state index contributed by atoms with van der Waals surface area (Å²) in [6.07, 6.45) is 1.54. The van der Waals surface area contributed by atoms with Gasteiger partial charge >= 0.3 is 11.8 Å². The second-order valence-electron chi connectivity index (χ2n) is 5.71. The van der Waals surface area contributed by atoms with Crippen LogP contribution >= 0.6 is 0 Å². The van der Waals surface area contributed by atoms with Gasteiger partial charge in [0.25, 0.3) is 0 Å². The Balaban J connectivity index is 2.13. The van der Waals surface area contributed by atoms with E-state index in [1.807, 2.05) is 6.92 Å². The van der Waals surface area contributed by atoms with Gasteiger partial charge in [-0.3, -0.25) is 9.48 Å². The summed E-state index contributed by atoms with van der Waals surface area (Å²) < 4.78 is 7.58. The molecular weight excluding hydrogens is 344 g/mol. The minimum atomic E-state index is -0.654. The molecule has 2 heterocycles. The summed E-state index contributed by atoms with van der Waals surface area (Å²) in [5.41, 5.74) is 0.838. The maximum absolute atomic E-state index is 12.5. The van der Waals surface area contributed by atoms with Crippen LogP contribution in [0.1, 0.15) is 30.0 Å². The number of ether oxygens (including phenoxy) is 1. The Kier molecular flexibility index (Phi) is 5.70. The van der Waals surface area contributed by atoms with E-state index in [0.29, 0.717) is 12.2 Å². The average Bonchev–Trinajstić information content (AvgIpc) is 3.18. The number of nitrogens with one attached hydrogen (secondary N) is 1. The zero-order valence-corrected chi connectivity index (χ0v) is 14.9. The Hall–Kier alpha value is -3.24. The molecule has 0 fully saturated rings. The van der Waals surface area contributed by atoms with Gasteiger partial charge in [-0.1, -0.05) is 6.92 Å². The molecule has 0 spiro atoms. The predicted octanol–water partition coefficient (Wildman–Crippen LogP) is 1.38. The highest BCUT2D eigenvalue weighted by Gasteiger charge is 2.24. The maximum atomic E-state index is 12.5. The predicted molar refractivity (Wildman–Crippen MR) is 90.7 cm³/mol. The van der Waals surface area contributed by atoms with Crippen LogP contribution in [0, 0.1) is 23.0 Å². The summed E-state index contributed by atoms with van der Waals surface area (Å²) in [6.45, 7) is 5.85. The number of nitrogens with zero attached hydrogens (tertiary/aromatic N) is 5. The standard InChI is InChI=1S/C15H20N6O5/c1-5-19-8-11(13(18-19)15(23)26-4)16-14(22)9(2)7-20-10(3)6-12(17-20)21(24)25/h6,8-9H,5,7H2,1-4H3,(H,16,22). The third-order valence-electron chi connectivity index (χ3n) is 3.77. The molecule has 0 aromatic carbocycles. The minimum Gasteiger partial charge on any atom is -0.464 e. The third-order valence-corrected chi connectivity index (χ3v) is 3.77. The Labute approximate surface area is 149 Å². The van der Waals surface area contributed by atoms with Crippen molar-refractivity contribution in [2.45, 2.75) is 33.9 Å². The zero-order valence-electron chi connectivity index (χ0n) is 14.9. The van der Waals surface area contributed by atoms with Crippen molar-refractivity contribution in [3.63, 3.8) is 0 Å². The van der Waals surface area contributed by atoms with Crippen molar-refractivity contribution in [1.82, 2.24) is 19.6 Å². The Bertz CT molecular complexity index is 840. The van der Waals surface area contributed by atoms with Crippen LogP contribution in [-0.2, 0) is 22.6 Å². The van der Waals surface area contributed by atoms with Gasteiger partial charge in [-0.05, 0) is 18.8 Å². The zero-order chi connectivity index (χ0) is 19.4. The van der Waals surface area contributed by atoms with Gasteiger partial charge in [-0.15, -0.1) is 0 Å². The first-order valence-corrected chi connectivity index (χ1v) is 7.92. The normalized spacial score (nSPS) is 11.8. The molecule has 0 bridgehead atoms. The van der Waals surface area contributed by atoms with Crippen molar-refractivity contribution in [3.05, 3.63) is 33.8 Å². The van der Waals surface area contributed by atoms with E-state index >= 15 is 0 Å². The molecule has 11 heteroatoms. The maximum Gasteiger partial charge on any atom is 0.390 e. The number of carbonyl (C=O) groups is 2. The van der Waals surface area contributed by atoms with Crippen molar-refractivity contribution in [3.8, 4) is 0 Å². The first-order chi connectivity index (χ1) is 12.3. The van der Waals surface area contributed by atoms with Crippen LogP contribution in [0.5, 0.6) is 0 Å². The summed E-state index contributed by atoms with van der Waals surface area (Å²) in [6, 6.07) is 1.34. The van der Waals surface area contributed by atoms with Crippen molar-refractivity contribution in [2.75, 3.05) is 12.4 Å². The number of rotatable bonds is 7. The van der Waals surface area contributed by atoms with E-state index in [1.54, 1.807) is 20.0 Å². The lowest BCUT2D eigenvalue weighted by Gasteiger charge is -2.11. The van der Waals surface area contributed by atoms with E-state index in [1.165, 1.54) is 22.5 Å². The highest BCUT2D eigenvalue weighted by Crippen LogP contribution is 2.18. The van der Waals surface area contributed by atoms with E-state index in [0.717, 1.165) is 0 Å². The molecule has 1 atom stereocenters. The SMILES string of the molecule is CCn1cc(NC(=O)C(C)Cn2nc([N+](=O)[O-])cc2C)c(C(=O)OC)n1. The first-order valence-electron chi connectivity index (χ1n) is 7.92. The second-order valence-corrected chi connectivity index (χ2v) is 5.71. The van der Waals surface area contributed by atoms with Crippen LogP contribution in [0.2, 0.25) is 0 Å². The molecule has 2 rings (SSSR count). The quantitative estimate of drug-likeness (QED) is 0.445. The summed E-state index contributed by atoms with van der Waals surface area (Å²) in [5.74, 6) is -1.85. The van der Waals surface area contributed by atoms with Gasteiger partial charge in [0.2, 0.25) is 5.91 Å². The number of esters is 1. The molecule has 0 saturated carbocycles. The summed E-state index contributed by atoms with van der Waals surface area (Å²) in [7, 11) is 1.23. The van der Waals surface area contributed by atoms with Gasteiger partial charge < -0.3 is 20.2 Å². The fraction of sp³-hybridized carbons (Fsp3) is 0.467. The molecule has 11 nitrogen and oxygen atoms in total. The van der Waals surface area contributed by atoms with Gasteiger partial charge in [0.15, 0.2) is 5.69 Å². The monoisotopic (exact) mass is 364 g/mol. The van der Waals surface area contributed by atoms with Crippen LogP contribution in [0.25, 0.3) is 0 Å². The molecule has 0 aliphatic rings. The lowest BCUT2D eigenvalue weighted by atomic mass is 10.1. The highest BCUT2D eigenvalue weighted by molar-refractivity contribution is 6.00. The van der Waals surface area contributed by atoms with Crippen molar-refractivity contribution in [1.29, 1.82) is 0 Å². The molecule has 1 unspecified atom stereocenters. The number of methoxy groups -OCH3 is 1. The Morgan fingerprint density at radius 2 is 2.12 bits per heavy atom. The molecule has 2 aromatic heterocycles. The van der Waals surface area contributed by atoms with Crippen molar-refractivity contribution >= 4 is 23.4 Å². The van der Waals surface area contributed by atoms with E-state index < -0.39 is 16.8 Å². The molecule has 0 aliphatic heterocycles. The largest absolute Gasteiger partial charge is 0.464 e. The lowest BCUT2D eigenvalue weighted by Crippen LogP contribution is -2.26. The van der Waals surface area contributed by atoms with E-state index in [-0.39, 0.29) is 29.7 Å². The summed E-state index contributed by atoms with van der Waals surface area (Å²) in [4.78, 5) is 34.4. The topological polar surface area (TPSA) is 134 Å². The van der Waals surface area contributed by atoms with Crippen LogP contribution in [-0.4, -0.2) is 43.5 Å². The fourth-order valence-electron chi connectivity index (χ4n) is 2.29. The summed E-state index contributed by atoms with van der Waals surface area (Å²) in [5, 5.41) is 21.4. The second kappa shape index (κ2) is 7.76. The molecule has 0 aliphatic carbocycles. The third kappa shape index (κ3) is 4.05. The number of hydrogen-bond donors (Lipinski definition) is 1. The van der Waals surface area contributed by atoms with Crippen LogP contribution in [0.4, 0.5) is 11.5 Å². The lowest BCUT2D eigenvalue weighted by molar-refractivity contribution is -0.389. The molecule has 1 N–H and O–H groups in total. The first kappa shape index (κ1) is 19.1. The minimum absolute atomic E-state index is 0.0146. The number of anilines is 1. The van der Waals surface area contributed by atoms with Gasteiger partial charge in [0.1, 0.15) is 0 Å². The molecule has 1 amide bonds.